The molecule has 0 spiro atoms. The minimum absolute atomic E-state index is 0.0332. The van der Waals surface area contributed by atoms with Crippen LogP contribution >= 0.6 is 0 Å². The summed E-state index contributed by atoms with van der Waals surface area (Å²) in [4.78, 5) is 23.3. The minimum atomic E-state index is -0.921. The summed E-state index contributed by atoms with van der Waals surface area (Å²) < 4.78 is 0. The molecule has 1 saturated heterocycles. The molecule has 4 aliphatic carbocycles. The molecular formula is C15H21NO3. The van der Waals surface area contributed by atoms with Crippen LogP contribution in [0.15, 0.2) is 0 Å². The van der Waals surface area contributed by atoms with E-state index in [-0.39, 0.29) is 17.2 Å². The van der Waals surface area contributed by atoms with Crippen LogP contribution in [0.25, 0.3) is 0 Å². The number of rotatable bonds is 2. The SMILES string of the molecule is O=C(O)[C@H]1C(=O)NC[C@@H]1C12CC3CC(CC(C3)C1)C2. The Labute approximate surface area is 112 Å². The summed E-state index contributed by atoms with van der Waals surface area (Å²) in [7, 11) is 0. The lowest BCUT2D eigenvalue weighted by Gasteiger charge is -2.59. The van der Waals surface area contributed by atoms with Crippen molar-refractivity contribution in [1.82, 2.24) is 5.32 Å². The second-order valence-corrected chi connectivity index (χ2v) is 7.45. The fraction of sp³-hybridized carbons (Fsp3) is 0.867. The third-order valence-corrected chi connectivity index (χ3v) is 6.32. The van der Waals surface area contributed by atoms with E-state index in [0.717, 1.165) is 17.8 Å². The van der Waals surface area contributed by atoms with Crippen molar-refractivity contribution in [2.75, 3.05) is 6.54 Å². The highest BCUT2D eigenvalue weighted by molar-refractivity contribution is 5.99. The van der Waals surface area contributed by atoms with Crippen molar-refractivity contribution in [2.45, 2.75) is 38.5 Å². The molecule has 104 valence electrons. The molecule has 0 aromatic heterocycles. The summed E-state index contributed by atoms with van der Waals surface area (Å²) in [6.45, 7) is 0.585. The lowest BCUT2D eigenvalue weighted by Crippen LogP contribution is -2.52. The van der Waals surface area contributed by atoms with Crippen molar-refractivity contribution in [3.8, 4) is 0 Å². The lowest BCUT2D eigenvalue weighted by molar-refractivity contribution is -0.153. The molecule has 0 aromatic rings. The highest BCUT2D eigenvalue weighted by atomic mass is 16.4. The van der Waals surface area contributed by atoms with E-state index in [9.17, 15) is 14.7 Å². The van der Waals surface area contributed by atoms with Gasteiger partial charge in [-0.25, -0.2) is 0 Å². The van der Waals surface area contributed by atoms with E-state index >= 15 is 0 Å². The van der Waals surface area contributed by atoms with Crippen LogP contribution in [0.4, 0.5) is 0 Å². The summed E-state index contributed by atoms with van der Waals surface area (Å²) in [5.74, 6) is 0.468. The summed E-state index contributed by atoms with van der Waals surface area (Å²) in [6.07, 6.45) is 7.56. The van der Waals surface area contributed by atoms with Crippen LogP contribution in [0.5, 0.6) is 0 Å². The van der Waals surface area contributed by atoms with Gasteiger partial charge in [-0.05, 0) is 61.7 Å². The Balaban J connectivity index is 1.68. The smallest absolute Gasteiger partial charge is 0.316 e. The van der Waals surface area contributed by atoms with Crippen molar-refractivity contribution in [3.05, 3.63) is 0 Å². The molecule has 4 nitrogen and oxygen atoms in total. The largest absolute Gasteiger partial charge is 0.481 e. The second-order valence-electron chi connectivity index (χ2n) is 7.45. The number of hydrogen-bond donors (Lipinski definition) is 2. The van der Waals surface area contributed by atoms with E-state index in [1.54, 1.807) is 0 Å². The van der Waals surface area contributed by atoms with E-state index < -0.39 is 11.9 Å². The third-order valence-electron chi connectivity index (χ3n) is 6.32. The average Bonchev–Trinajstić information content (AvgIpc) is 2.70. The molecule has 19 heavy (non-hydrogen) atoms. The van der Waals surface area contributed by atoms with Gasteiger partial charge in [0, 0.05) is 12.5 Å². The zero-order chi connectivity index (χ0) is 13.2. The Morgan fingerprint density at radius 1 is 1.11 bits per heavy atom. The van der Waals surface area contributed by atoms with Crippen LogP contribution < -0.4 is 5.32 Å². The molecule has 4 saturated carbocycles. The van der Waals surface area contributed by atoms with Gasteiger partial charge in [-0.3, -0.25) is 9.59 Å². The van der Waals surface area contributed by atoms with E-state index in [0.29, 0.717) is 6.54 Å². The Hall–Kier alpha value is -1.06. The first-order chi connectivity index (χ1) is 9.07. The topological polar surface area (TPSA) is 66.4 Å². The summed E-state index contributed by atoms with van der Waals surface area (Å²) in [5.41, 5.74) is 0.150. The van der Waals surface area contributed by atoms with E-state index in [4.69, 9.17) is 0 Å². The second kappa shape index (κ2) is 3.74. The minimum Gasteiger partial charge on any atom is -0.481 e. The van der Waals surface area contributed by atoms with Gasteiger partial charge < -0.3 is 10.4 Å². The third kappa shape index (κ3) is 1.58. The highest BCUT2D eigenvalue weighted by Crippen LogP contribution is 2.64. The summed E-state index contributed by atoms with van der Waals surface area (Å²) in [5, 5.41) is 12.2. The number of carbonyl (C=O) groups excluding carboxylic acids is 1. The Kier molecular flexibility index (Phi) is 2.31. The van der Waals surface area contributed by atoms with Gasteiger partial charge in [-0.15, -0.1) is 0 Å². The lowest BCUT2D eigenvalue weighted by atomic mass is 9.45. The number of carboxylic acid groups (broad SMARTS) is 1. The van der Waals surface area contributed by atoms with Crippen molar-refractivity contribution in [2.24, 2.45) is 35.0 Å². The zero-order valence-corrected chi connectivity index (χ0v) is 11.1. The van der Waals surface area contributed by atoms with Gasteiger partial charge in [0.25, 0.3) is 0 Å². The molecule has 4 bridgehead atoms. The molecular weight excluding hydrogens is 242 g/mol. The van der Waals surface area contributed by atoms with Gasteiger partial charge in [0.1, 0.15) is 5.92 Å². The number of nitrogens with one attached hydrogen (secondary N) is 1. The van der Waals surface area contributed by atoms with E-state index in [1.165, 1.54) is 38.5 Å². The molecule has 5 aliphatic rings. The average molecular weight is 263 g/mol. The van der Waals surface area contributed by atoms with Crippen LogP contribution in [-0.4, -0.2) is 23.5 Å². The Morgan fingerprint density at radius 2 is 1.63 bits per heavy atom. The molecule has 4 heteroatoms. The molecule has 2 atom stereocenters. The van der Waals surface area contributed by atoms with E-state index in [1.807, 2.05) is 0 Å². The molecule has 5 rings (SSSR count). The number of aliphatic carboxylic acids is 1. The van der Waals surface area contributed by atoms with Crippen LogP contribution in [0.2, 0.25) is 0 Å². The molecule has 0 unspecified atom stereocenters. The van der Waals surface area contributed by atoms with Gasteiger partial charge in [0.15, 0.2) is 0 Å². The van der Waals surface area contributed by atoms with Crippen molar-refractivity contribution in [1.29, 1.82) is 0 Å². The van der Waals surface area contributed by atoms with Crippen LogP contribution in [0, 0.1) is 35.0 Å². The van der Waals surface area contributed by atoms with E-state index in [2.05, 4.69) is 5.32 Å². The van der Waals surface area contributed by atoms with Gasteiger partial charge in [-0.2, -0.15) is 0 Å². The number of hydrogen-bond acceptors (Lipinski definition) is 2. The van der Waals surface area contributed by atoms with Crippen LogP contribution in [0.1, 0.15) is 38.5 Å². The fourth-order valence-corrected chi connectivity index (χ4v) is 6.11. The zero-order valence-electron chi connectivity index (χ0n) is 11.1. The summed E-state index contributed by atoms with van der Waals surface area (Å²) in [6, 6.07) is 0. The van der Waals surface area contributed by atoms with Crippen molar-refractivity contribution >= 4 is 11.9 Å². The quantitative estimate of drug-likeness (QED) is 0.744. The standard InChI is InChI=1S/C15H21NO3/c17-13-12(14(18)19)11(7-16-13)15-4-8-1-9(5-15)3-10(2-8)6-15/h8-12H,1-7H2,(H,16,17)(H,18,19)/t8?,9?,10?,11-,12+,15?/m0/s1. The van der Waals surface area contributed by atoms with Gasteiger partial charge in [0.2, 0.25) is 5.91 Å². The molecule has 1 aliphatic heterocycles. The number of carbonyl (C=O) groups is 2. The maximum atomic E-state index is 11.8. The number of carboxylic acids is 1. The van der Waals surface area contributed by atoms with Crippen molar-refractivity contribution in [3.63, 3.8) is 0 Å². The van der Waals surface area contributed by atoms with Gasteiger partial charge in [0.05, 0.1) is 0 Å². The van der Waals surface area contributed by atoms with Crippen LogP contribution in [-0.2, 0) is 9.59 Å². The molecule has 1 amide bonds. The monoisotopic (exact) mass is 263 g/mol. The predicted molar refractivity (Wildman–Crippen MR) is 68.2 cm³/mol. The Morgan fingerprint density at radius 3 is 2.11 bits per heavy atom. The predicted octanol–water partition coefficient (Wildman–Crippen LogP) is 1.65. The molecule has 2 N–H and O–H groups in total. The van der Waals surface area contributed by atoms with Crippen LogP contribution in [0.3, 0.4) is 0 Å². The highest BCUT2D eigenvalue weighted by Gasteiger charge is 2.59. The maximum Gasteiger partial charge on any atom is 0.316 e. The maximum absolute atomic E-state index is 11.8. The number of amides is 1. The van der Waals surface area contributed by atoms with Gasteiger partial charge >= 0.3 is 5.97 Å². The van der Waals surface area contributed by atoms with Gasteiger partial charge in [-0.1, -0.05) is 0 Å². The first-order valence-corrected chi connectivity index (χ1v) is 7.58. The normalized spacial score (nSPS) is 51.4. The molecule has 0 radical (unpaired) electrons. The first kappa shape index (κ1) is 11.7. The fourth-order valence-electron chi connectivity index (χ4n) is 6.11. The first-order valence-electron chi connectivity index (χ1n) is 7.58. The van der Waals surface area contributed by atoms with Crippen molar-refractivity contribution < 1.29 is 14.7 Å². The Bertz CT molecular complexity index is 409. The molecule has 5 fully saturated rings. The molecule has 1 heterocycles. The molecule has 0 aromatic carbocycles. The summed E-state index contributed by atoms with van der Waals surface area (Å²) >= 11 is 0.